The normalized spacial score (nSPS) is 13.0. The van der Waals surface area contributed by atoms with E-state index in [-0.39, 0.29) is 8.98 Å². The zero-order valence-electron chi connectivity index (χ0n) is 32.6. The van der Waals surface area contributed by atoms with Crippen molar-refractivity contribution in [1.29, 1.82) is 0 Å². The molecule has 52 heavy (non-hydrogen) atoms. The van der Waals surface area contributed by atoms with Gasteiger partial charge in [0.15, 0.2) is 0 Å². The summed E-state index contributed by atoms with van der Waals surface area (Å²) >= 11 is 27.8. The van der Waals surface area contributed by atoms with Crippen molar-refractivity contribution >= 4 is 125 Å². The topological polar surface area (TPSA) is 0 Å². The lowest BCUT2D eigenvalue weighted by Crippen LogP contribution is -2.43. The predicted octanol–water partition coefficient (Wildman–Crippen LogP) is 14.6. The Kier molecular flexibility index (Phi) is 10.8. The minimum Gasteiger partial charge on any atom is -0.125 e. The Morgan fingerprint density at radius 1 is 0.423 bits per heavy atom. The van der Waals surface area contributed by atoms with Crippen molar-refractivity contribution in [2.75, 3.05) is 0 Å². The van der Waals surface area contributed by atoms with Gasteiger partial charge in [-0.25, -0.2) is 0 Å². The maximum absolute atomic E-state index is 6.95. The summed E-state index contributed by atoms with van der Waals surface area (Å²) in [5, 5.41) is 12.2. The quantitative estimate of drug-likeness (QED) is 0.0681. The molecule has 6 aromatic rings. The van der Waals surface area contributed by atoms with Gasteiger partial charge in [0.2, 0.25) is 0 Å². The summed E-state index contributed by atoms with van der Waals surface area (Å²) in [6, 6.07) is 17.3. The van der Waals surface area contributed by atoms with Crippen LogP contribution in [0.1, 0.15) is 94.2 Å². The van der Waals surface area contributed by atoms with Gasteiger partial charge in [-0.15, -0.1) is 11.1 Å². The SMILES string of the molecule is CC(C)[Si](C#Cc1cc2c(=C(Cl)Cl)c3cccc4c(C#C[Si](C(C)C)(C(C)C)C(C)C)cc5c(=C(Cl)Cl)c6cccc1c6c2c5c43)(C(C)C)C(C)C. The number of rotatable bonds is 6. The van der Waals surface area contributed by atoms with Crippen molar-refractivity contribution in [2.45, 2.75) is 116 Å². The zero-order valence-corrected chi connectivity index (χ0v) is 37.6. The molecule has 0 aliphatic rings. The Balaban J connectivity index is 1.89. The van der Waals surface area contributed by atoms with Crippen molar-refractivity contribution in [1.82, 2.24) is 0 Å². The molecule has 0 heterocycles. The monoisotopic (exact) mass is 798 g/mol. The van der Waals surface area contributed by atoms with Crippen LogP contribution in [0.2, 0.25) is 33.2 Å². The Bertz CT molecular complexity index is 2370. The standard InChI is InChI=1S/C46H50Cl4Si2/c1-25(2)51(26(3)4,27(5)6)21-19-31-23-37-41(45(47)48)36-18-14-16-34-32(20-22-52(28(7)8,29(9)10)30(11)12)24-38-42(46(49)50)35-17-13-15-33(31)39(35)43(37)44(38)40(34)36/h13-18,23-30H,1-12H3. The summed E-state index contributed by atoms with van der Waals surface area (Å²) < 4.78 is 0.474. The first-order valence-corrected chi connectivity index (χ1v) is 24.8. The maximum atomic E-state index is 6.95. The van der Waals surface area contributed by atoms with E-state index in [9.17, 15) is 0 Å². The molecule has 0 saturated heterocycles. The summed E-state index contributed by atoms with van der Waals surface area (Å²) in [4.78, 5) is 0. The van der Waals surface area contributed by atoms with Crippen LogP contribution in [0.4, 0.5) is 0 Å². The number of hydrogen-bond acceptors (Lipinski definition) is 0. The highest BCUT2D eigenvalue weighted by Crippen LogP contribution is 2.45. The van der Waals surface area contributed by atoms with Crippen LogP contribution in [0.25, 0.3) is 62.8 Å². The largest absolute Gasteiger partial charge is 0.146 e. The highest BCUT2D eigenvalue weighted by molar-refractivity contribution is 6.91. The lowest BCUT2D eigenvalue weighted by atomic mass is 9.82. The van der Waals surface area contributed by atoms with Gasteiger partial charge in [0.1, 0.15) is 25.1 Å². The van der Waals surface area contributed by atoms with Gasteiger partial charge in [-0.05, 0) is 99.2 Å². The van der Waals surface area contributed by atoms with Gasteiger partial charge in [-0.2, -0.15) is 0 Å². The second kappa shape index (κ2) is 14.3. The van der Waals surface area contributed by atoms with Crippen LogP contribution in [0.15, 0.2) is 48.5 Å². The van der Waals surface area contributed by atoms with Gasteiger partial charge in [-0.1, -0.05) is 178 Å². The van der Waals surface area contributed by atoms with E-state index in [4.69, 9.17) is 46.4 Å². The molecule has 6 rings (SSSR count). The van der Waals surface area contributed by atoms with Crippen molar-refractivity contribution in [3.05, 3.63) is 70.1 Å². The molecule has 0 spiro atoms. The van der Waals surface area contributed by atoms with E-state index in [1.165, 1.54) is 0 Å². The minimum atomic E-state index is -2.04. The zero-order chi connectivity index (χ0) is 38.2. The Morgan fingerprint density at radius 2 is 0.712 bits per heavy atom. The Labute approximate surface area is 332 Å². The lowest BCUT2D eigenvalue weighted by Gasteiger charge is -2.38. The molecule has 0 atom stereocenters. The highest BCUT2D eigenvalue weighted by atomic mass is 35.5. The van der Waals surface area contributed by atoms with Crippen molar-refractivity contribution in [3.63, 3.8) is 0 Å². The fraction of sp³-hybridized carbons (Fsp3) is 0.391. The second-order valence-corrected chi connectivity index (χ2v) is 29.8. The summed E-state index contributed by atoms with van der Waals surface area (Å²) in [5.41, 5.74) is 13.0. The fourth-order valence-corrected chi connectivity index (χ4v) is 21.7. The molecule has 0 amide bonds. The molecule has 6 aromatic carbocycles. The molecule has 0 bridgehead atoms. The van der Waals surface area contributed by atoms with Crippen LogP contribution in [-0.4, -0.2) is 16.1 Å². The van der Waals surface area contributed by atoms with E-state index >= 15 is 0 Å². The Hall–Kier alpha value is -2.41. The van der Waals surface area contributed by atoms with Gasteiger partial charge in [-0.3, -0.25) is 0 Å². The third kappa shape index (κ3) is 5.79. The molecule has 0 radical (unpaired) electrons. The van der Waals surface area contributed by atoms with Gasteiger partial charge >= 0.3 is 0 Å². The molecule has 0 nitrogen and oxygen atoms in total. The van der Waals surface area contributed by atoms with Gasteiger partial charge in [0.05, 0.1) is 0 Å². The molecule has 0 aliphatic heterocycles. The number of benzene rings is 6. The maximum Gasteiger partial charge on any atom is 0.146 e. The molecular formula is C46H50Cl4Si2. The smallest absolute Gasteiger partial charge is 0.125 e. The van der Waals surface area contributed by atoms with Crippen LogP contribution in [0, 0.1) is 22.9 Å². The van der Waals surface area contributed by atoms with Crippen LogP contribution in [0.3, 0.4) is 0 Å². The van der Waals surface area contributed by atoms with Gasteiger partial charge in [0.25, 0.3) is 0 Å². The van der Waals surface area contributed by atoms with E-state index in [1.807, 2.05) is 0 Å². The van der Waals surface area contributed by atoms with E-state index in [0.717, 1.165) is 75.4 Å². The first-order chi connectivity index (χ1) is 24.4. The molecule has 0 saturated carbocycles. The molecule has 0 unspecified atom stereocenters. The number of hydrogen-bond donors (Lipinski definition) is 0. The molecule has 0 aromatic heterocycles. The average molecular weight is 801 g/mol. The molecule has 270 valence electrons. The van der Waals surface area contributed by atoms with E-state index in [0.29, 0.717) is 33.2 Å². The van der Waals surface area contributed by atoms with Gasteiger partial charge < -0.3 is 0 Å². The van der Waals surface area contributed by atoms with Gasteiger partial charge in [0, 0.05) is 21.6 Å². The molecular weight excluding hydrogens is 750 g/mol. The van der Waals surface area contributed by atoms with E-state index in [2.05, 4.69) is 155 Å². The average Bonchev–Trinajstić information content (AvgIpc) is 3.05. The molecule has 0 N–H and O–H groups in total. The van der Waals surface area contributed by atoms with Crippen molar-refractivity contribution in [3.8, 4) is 22.9 Å². The highest BCUT2D eigenvalue weighted by Gasteiger charge is 2.43. The summed E-state index contributed by atoms with van der Waals surface area (Å²) in [5.74, 6) is 7.59. The molecule has 0 aliphatic carbocycles. The van der Waals surface area contributed by atoms with E-state index < -0.39 is 16.1 Å². The third-order valence-corrected chi connectivity index (χ3v) is 25.9. The van der Waals surface area contributed by atoms with Crippen LogP contribution < -0.4 is 10.4 Å². The number of halogens is 4. The minimum absolute atomic E-state index is 0.237. The van der Waals surface area contributed by atoms with Crippen molar-refractivity contribution in [2.24, 2.45) is 0 Å². The second-order valence-electron chi connectivity index (χ2n) is 16.7. The predicted molar refractivity (Wildman–Crippen MR) is 242 cm³/mol. The first-order valence-electron chi connectivity index (χ1n) is 18.8. The van der Waals surface area contributed by atoms with Crippen molar-refractivity contribution < 1.29 is 0 Å². The Morgan fingerprint density at radius 3 is 0.981 bits per heavy atom. The summed E-state index contributed by atoms with van der Waals surface area (Å²) in [7, 11) is -4.08. The van der Waals surface area contributed by atoms with Crippen LogP contribution >= 0.6 is 46.4 Å². The molecule has 6 heteroatoms. The fourth-order valence-electron chi connectivity index (χ4n) is 10.4. The van der Waals surface area contributed by atoms with Crippen LogP contribution in [0.5, 0.6) is 0 Å². The lowest BCUT2D eigenvalue weighted by molar-refractivity contribution is 0.838. The molecule has 0 fully saturated rings. The van der Waals surface area contributed by atoms with E-state index in [1.54, 1.807) is 0 Å². The first kappa shape index (κ1) is 39.3. The summed E-state index contributed by atoms with van der Waals surface area (Å²) in [6.07, 6.45) is 0. The summed E-state index contributed by atoms with van der Waals surface area (Å²) in [6.45, 7) is 28.2. The van der Waals surface area contributed by atoms with Crippen LogP contribution in [-0.2, 0) is 0 Å². The third-order valence-electron chi connectivity index (χ3n) is 12.6.